The molecule has 0 fully saturated rings. The van der Waals surface area contributed by atoms with E-state index in [1.54, 1.807) is 11.8 Å². The SMILES string of the molecule is CC(=O)c1ccc(S(=O)(=O)NCCSC(C)(C)C)cc1. The van der Waals surface area contributed by atoms with Crippen LogP contribution in [-0.2, 0) is 10.0 Å². The first kappa shape index (κ1) is 17.2. The van der Waals surface area contributed by atoms with Crippen molar-refractivity contribution in [1.29, 1.82) is 0 Å². The van der Waals surface area contributed by atoms with Gasteiger partial charge in [0.05, 0.1) is 4.90 Å². The first-order valence-electron chi connectivity index (χ1n) is 6.36. The van der Waals surface area contributed by atoms with E-state index in [1.165, 1.54) is 31.2 Å². The van der Waals surface area contributed by atoms with Crippen LogP contribution in [0, 0.1) is 0 Å². The van der Waals surface area contributed by atoms with Gasteiger partial charge in [0, 0.05) is 22.6 Å². The van der Waals surface area contributed by atoms with E-state index in [0.717, 1.165) is 0 Å². The molecule has 0 amide bonds. The van der Waals surface area contributed by atoms with Crippen LogP contribution in [0.1, 0.15) is 38.1 Å². The van der Waals surface area contributed by atoms with Gasteiger partial charge in [-0.3, -0.25) is 4.79 Å². The standard InChI is InChI=1S/C14H21NO3S2/c1-11(16)12-5-7-13(8-6-12)20(17,18)15-9-10-19-14(2,3)4/h5-8,15H,9-10H2,1-4H3. The lowest BCUT2D eigenvalue weighted by molar-refractivity contribution is 0.101. The van der Waals surface area contributed by atoms with E-state index in [2.05, 4.69) is 25.5 Å². The van der Waals surface area contributed by atoms with E-state index >= 15 is 0 Å². The molecule has 1 aromatic carbocycles. The molecular weight excluding hydrogens is 294 g/mol. The third kappa shape index (κ3) is 5.64. The maximum absolute atomic E-state index is 12.0. The fraction of sp³-hybridized carbons (Fsp3) is 0.500. The number of ketones is 1. The summed E-state index contributed by atoms with van der Waals surface area (Å²) in [6, 6.07) is 5.97. The number of sulfonamides is 1. The molecular formula is C14H21NO3S2. The van der Waals surface area contributed by atoms with Crippen LogP contribution in [-0.4, -0.2) is 31.2 Å². The Balaban J connectivity index is 2.62. The Morgan fingerprint density at radius 2 is 1.75 bits per heavy atom. The van der Waals surface area contributed by atoms with Crippen molar-refractivity contribution in [2.75, 3.05) is 12.3 Å². The van der Waals surface area contributed by atoms with Crippen molar-refractivity contribution in [3.8, 4) is 0 Å². The Hall–Kier alpha value is -0.850. The third-order valence-electron chi connectivity index (χ3n) is 2.50. The average Bonchev–Trinajstić information content (AvgIpc) is 2.34. The number of hydrogen-bond donors (Lipinski definition) is 1. The fourth-order valence-electron chi connectivity index (χ4n) is 1.49. The van der Waals surface area contributed by atoms with Gasteiger partial charge in [0.2, 0.25) is 10.0 Å². The van der Waals surface area contributed by atoms with Gasteiger partial charge in [0.1, 0.15) is 0 Å². The van der Waals surface area contributed by atoms with E-state index in [4.69, 9.17) is 0 Å². The van der Waals surface area contributed by atoms with E-state index in [9.17, 15) is 13.2 Å². The molecule has 0 bridgehead atoms. The minimum atomic E-state index is -3.50. The van der Waals surface area contributed by atoms with E-state index in [1.807, 2.05) is 0 Å². The molecule has 4 nitrogen and oxygen atoms in total. The molecule has 0 radical (unpaired) electrons. The van der Waals surface area contributed by atoms with Crippen molar-refractivity contribution in [3.05, 3.63) is 29.8 Å². The van der Waals surface area contributed by atoms with Crippen LogP contribution in [0.3, 0.4) is 0 Å². The van der Waals surface area contributed by atoms with Crippen molar-refractivity contribution in [2.24, 2.45) is 0 Å². The molecule has 1 aromatic rings. The van der Waals surface area contributed by atoms with Crippen LogP contribution in [0.5, 0.6) is 0 Å². The molecule has 20 heavy (non-hydrogen) atoms. The minimum absolute atomic E-state index is 0.0801. The van der Waals surface area contributed by atoms with Crippen LogP contribution in [0.15, 0.2) is 29.2 Å². The summed E-state index contributed by atoms with van der Waals surface area (Å²) < 4.78 is 26.7. The highest BCUT2D eigenvalue weighted by atomic mass is 32.2. The van der Waals surface area contributed by atoms with Gasteiger partial charge in [-0.2, -0.15) is 11.8 Å². The van der Waals surface area contributed by atoms with Gasteiger partial charge in [-0.15, -0.1) is 0 Å². The molecule has 0 spiro atoms. The molecule has 1 rings (SSSR count). The number of Topliss-reactive ketones (excluding diaryl/α,β-unsaturated/α-hetero) is 1. The summed E-state index contributed by atoms with van der Waals surface area (Å²) in [4.78, 5) is 11.3. The van der Waals surface area contributed by atoms with E-state index in [0.29, 0.717) is 17.9 Å². The minimum Gasteiger partial charge on any atom is -0.295 e. The van der Waals surface area contributed by atoms with Crippen molar-refractivity contribution in [2.45, 2.75) is 37.3 Å². The maximum atomic E-state index is 12.0. The van der Waals surface area contributed by atoms with Crippen LogP contribution < -0.4 is 4.72 Å². The van der Waals surface area contributed by atoms with Gasteiger partial charge in [-0.1, -0.05) is 32.9 Å². The molecule has 0 atom stereocenters. The predicted molar refractivity (Wildman–Crippen MR) is 83.8 cm³/mol. The fourth-order valence-corrected chi connectivity index (χ4v) is 3.46. The average molecular weight is 315 g/mol. The molecule has 112 valence electrons. The highest BCUT2D eigenvalue weighted by molar-refractivity contribution is 8.00. The number of rotatable bonds is 6. The Bertz CT molecular complexity index is 557. The molecule has 1 N–H and O–H groups in total. The molecule has 0 aliphatic carbocycles. The van der Waals surface area contributed by atoms with Crippen molar-refractivity contribution >= 4 is 27.6 Å². The van der Waals surface area contributed by atoms with Gasteiger partial charge in [-0.25, -0.2) is 13.1 Å². The summed E-state index contributed by atoms with van der Waals surface area (Å²) in [7, 11) is -3.50. The number of thioether (sulfide) groups is 1. The number of carbonyl (C=O) groups excluding carboxylic acids is 1. The molecule has 6 heteroatoms. The van der Waals surface area contributed by atoms with Crippen LogP contribution in [0.2, 0.25) is 0 Å². The molecule has 0 aromatic heterocycles. The maximum Gasteiger partial charge on any atom is 0.240 e. The third-order valence-corrected chi connectivity index (χ3v) is 5.25. The van der Waals surface area contributed by atoms with Crippen molar-refractivity contribution in [1.82, 2.24) is 4.72 Å². The zero-order chi connectivity index (χ0) is 15.4. The monoisotopic (exact) mass is 315 g/mol. The summed E-state index contributed by atoms with van der Waals surface area (Å²) >= 11 is 1.70. The smallest absolute Gasteiger partial charge is 0.240 e. The topological polar surface area (TPSA) is 63.2 Å². The summed E-state index contributed by atoms with van der Waals surface area (Å²) in [6.07, 6.45) is 0. The molecule has 0 saturated heterocycles. The quantitative estimate of drug-likeness (QED) is 0.647. The highest BCUT2D eigenvalue weighted by Crippen LogP contribution is 2.22. The number of benzene rings is 1. The zero-order valence-corrected chi connectivity index (χ0v) is 13.9. The Labute approximate surface area is 125 Å². The summed E-state index contributed by atoms with van der Waals surface area (Å²) in [5.41, 5.74) is 0.507. The van der Waals surface area contributed by atoms with Crippen molar-refractivity contribution < 1.29 is 13.2 Å². The van der Waals surface area contributed by atoms with Gasteiger partial charge in [0.25, 0.3) is 0 Å². The molecule has 0 aliphatic rings. The number of hydrogen-bond acceptors (Lipinski definition) is 4. The normalized spacial score (nSPS) is 12.4. The van der Waals surface area contributed by atoms with E-state index in [-0.39, 0.29) is 15.4 Å². The van der Waals surface area contributed by atoms with Crippen LogP contribution >= 0.6 is 11.8 Å². The number of carbonyl (C=O) groups is 1. The molecule has 0 aliphatic heterocycles. The lowest BCUT2D eigenvalue weighted by Crippen LogP contribution is -2.27. The number of nitrogens with one attached hydrogen (secondary N) is 1. The Morgan fingerprint density at radius 1 is 1.20 bits per heavy atom. The van der Waals surface area contributed by atoms with Crippen LogP contribution in [0.4, 0.5) is 0 Å². The first-order valence-corrected chi connectivity index (χ1v) is 8.83. The predicted octanol–water partition coefficient (Wildman–Crippen LogP) is 2.70. The van der Waals surface area contributed by atoms with Gasteiger partial charge < -0.3 is 0 Å². The lowest BCUT2D eigenvalue weighted by atomic mass is 10.2. The summed E-state index contributed by atoms with van der Waals surface area (Å²) in [6.45, 7) is 8.11. The highest BCUT2D eigenvalue weighted by Gasteiger charge is 2.15. The van der Waals surface area contributed by atoms with Crippen LogP contribution in [0.25, 0.3) is 0 Å². The summed E-state index contributed by atoms with van der Waals surface area (Å²) in [5, 5.41) is 0. The second-order valence-electron chi connectivity index (χ2n) is 5.44. The van der Waals surface area contributed by atoms with E-state index < -0.39 is 10.0 Å². The largest absolute Gasteiger partial charge is 0.295 e. The van der Waals surface area contributed by atoms with Gasteiger partial charge in [-0.05, 0) is 19.1 Å². The Morgan fingerprint density at radius 3 is 2.20 bits per heavy atom. The van der Waals surface area contributed by atoms with Crippen molar-refractivity contribution in [3.63, 3.8) is 0 Å². The Kier molecular flexibility index (Phi) is 5.79. The zero-order valence-electron chi connectivity index (χ0n) is 12.3. The second kappa shape index (κ2) is 6.74. The summed E-state index contributed by atoms with van der Waals surface area (Å²) in [5.74, 6) is 0.636. The molecule has 0 saturated carbocycles. The molecule has 0 heterocycles. The molecule has 0 unspecified atom stereocenters. The van der Waals surface area contributed by atoms with Gasteiger partial charge in [0.15, 0.2) is 5.78 Å². The first-order chi connectivity index (χ1) is 9.12. The second-order valence-corrected chi connectivity index (χ2v) is 9.13. The van der Waals surface area contributed by atoms with Gasteiger partial charge >= 0.3 is 0 Å². The lowest BCUT2D eigenvalue weighted by Gasteiger charge is -2.17.